The number of nitrogens with zero attached hydrogens (tertiary/aromatic N) is 3. The number of phenolic OH excluding ortho intramolecular Hbond substituents is 1. The van der Waals surface area contributed by atoms with E-state index in [-0.39, 0.29) is 17.3 Å². The number of benzene rings is 2. The first kappa shape index (κ1) is 16.3. The molecule has 0 aliphatic rings. The van der Waals surface area contributed by atoms with Gasteiger partial charge in [-0.1, -0.05) is 36.0 Å². The van der Waals surface area contributed by atoms with E-state index >= 15 is 0 Å². The summed E-state index contributed by atoms with van der Waals surface area (Å²) in [4.78, 5) is 12.2. The zero-order valence-electron chi connectivity index (χ0n) is 13.4. The highest BCUT2D eigenvalue weighted by atomic mass is 32.2. The van der Waals surface area contributed by atoms with Crippen molar-refractivity contribution in [2.45, 2.75) is 12.1 Å². The van der Waals surface area contributed by atoms with Gasteiger partial charge in [-0.3, -0.25) is 4.79 Å². The van der Waals surface area contributed by atoms with Gasteiger partial charge in [-0.2, -0.15) is 0 Å². The van der Waals surface area contributed by atoms with Crippen molar-refractivity contribution in [3.63, 3.8) is 0 Å². The zero-order valence-corrected chi connectivity index (χ0v) is 14.2. The molecule has 2 aromatic carbocycles. The van der Waals surface area contributed by atoms with Crippen LogP contribution in [0, 0.1) is 6.92 Å². The molecule has 24 heavy (non-hydrogen) atoms. The molecular formula is C18H17N3O2S. The van der Waals surface area contributed by atoms with Crippen LogP contribution in [-0.4, -0.2) is 31.4 Å². The number of thioether (sulfide) groups is 1. The van der Waals surface area contributed by atoms with Crippen molar-refractivity contribution in [2.75, 3.05) is 5.75 Å². The van der Waals surface area contributed by atoms with Crippen LogP contribution in [0.25, 0.3) is 11.4 Å². The highest BCUT2D eigenvalue weighted by Crippen LogP contribution is 2.25. The van der Waals surface area contributed by atoms with Gasteiger partial charge in [0, 0.05) is 18.2 Å². The van der Waals surface area contributed by atoms with Crippen molar-refractivity contribution in [2.24, 2.45) is 7.05 Å². The van der Waals surface area contributed by atoms with Gasteiger partial charge in [0.2, 0.25) is 0 Å². The van der Waals surface area contributed by atoms with Gasteiger partial charge in [0.15, 0.2) is 16.8 Å². The summed E-state index contributed by atoms with van der Waals surface area (Å²) >= 11 is 1.35. The summed E-state index contributed by atoms with van der Waals surface area (Å²) < 4.78 is 1.90. The minimum atomic E-state index is -0.0135. The van der Waals surface area contributed by atoms with Crippen molar-refractivity contribution < 1.29 is 9.90 Å². The second-order valence-electron chi connectivity index (χ2n) is 5.44. The van der Waals surface area contributed by atoms with Crippen LogP contribution in [0.4, 0.5) is 0 Å². The Hall–Kier alpha value is -2.60. The number of rotatable bonds is 5. The summed E-state index contributed by atoms with van der Waals surface area (Å²) in [5, 5.41) is 18.4. The van der Waals surface area contributed by atoms with E-state index < -0.39 is 0 Å². The SMILES string of the molecule is Cc1ccccc1-c1nnc(SCC(=O)c2ccc(O)cc2)n1C. The third kappa shape index (κ3) is 3.33. The Bertz CT molecular complexity index is 872. The Kier molecular flexibility index (Phi) is 4.66. The molecule has 0 fully saturated rings. The summed E-state index contributed by atoms with van der Waals surface area (Å²) in [6.45, 7) is 2.03. The Morgan fingerprint density at radius 1 is 1.12 bits per heavy atom. The minimum absolute atomic E-state index is 0.0135. The number of hydrogen-bond acceptors (Lipinski definition) is 5. The maximum Gasteiger partial charge on any atom is 0.191 e. The van der Waals surface area contributed by atoms with E-state index in [1.807, 2.05) is 42.8 Å². The third-order valence-electron chi connectivity index (χ3n) is 3.74. The van der Waals surface area contributed by atoms with E-state index in [4.69, 9.17) is 0 Å². The lowest BCUT2D eigenvalue weighted by Crippen LogP contribution is -2.03. The average Bonchev–Trinajstić information content (AvgIpc) is 2.94. The molecule has 0 bridgehead atoms. The number of aromatic nitrogens is 3. The lowest BCUT2D eigenvalue weighted by molar-refractivity contribution is 0.102. The quantitative estimate of drug-likeness (QED) is 0.569. The van der Waals surface area contributed by atoms with Crippen LogP contribution >= 0.6 is 11.8 Å². The van der Waals surface area contributed by atoms with Gasteiger partial charge in [0.25, 0.3) is 0 Å². The largest absolute Gasteiger partial charge is 0.508 e. The topological polar surface area (TPSA) is 68.0 Å². The predicted octanol–water partition coefficient (Wildman–Crippen LogP) is 3.47. The van der Waals surface area contributed by atoms with E-state index in [1.54, 1.807) is 12.1 Å². The van der Waals surface area contributed by atoms with Gasteiger partial charge >= 0.3 is 0 Å². The highest BCUT2D eigenvalue weighted by Gasteiger charge is 2.14. The van der Waals surface area contributed by atoms with Crippen LogP contribution < -0.4 is 0 Å². The van der Waals surface area contributed by atoms with E-state index in [0.29, 0.717) is 10.7 Å². The molecule has 5 nitrogen and oxygen atoms in total. The van der Waals surface area contributed by atoms with Gasteiger partial charge in [-0.05, 0) is 36.8 Å². The molecule has 0 radical (unpaired) electrons. The Morgan fingerprint density at radius 2 is 1.83 bits per heavy atom. The number of phenols is 1. The number of carbonyl (C=O) groups is 1. The molecule has 0 spiro atoms. The molecule has 1 heterocycles. The Balaban J connectivity index is 1.74. The predicted molar refractivity (Wildman–Crippen MR) is 94.3 cm³/mol. The Labute approximate surface area is 144 Å². The molecule has 3 aromatic rings. The zero-order chi connectivity index (χ0) is 17.1. The van der Waals surface area contributed by atoms with Gasteiger partial charge in [-0.25, -0.2) is 0 Å². The van der Waals surface area contributed by atoms with Gasteiger partial charge in [0.05, 0.1) is 5.75 Å². The maximum atomic E-state index is 12.2. The summed E-state index contributed by atoms with van der Waals surface area (Å²) in [7, 11) is 1.90. The first-order valence-electron chi connectivity index (χ1n) is 7.46. The molecule has 0 unspecified atom stereocenters. The molecule has 1 aromatic heterocycles. The molecule has 0 amide bonds. The summed E-state index contributed by atoms with van der Waals surface area (Å²) in [6, 6.07) is 14.3. The molecule has 6 heteroatoms. The monoisotopic (exact) mass is 339 g/mol. The van der Waals surface area contributed by atoms with E-state index in [9.17, 15) is 9.90 Å². The smallest absolute Gasteiger partial charge is 0.191 e. The van der Waals surface area contributed by atoms with Gasteiger partial charge < -0.3 is 9.67 Å². The van der Waals surface area contributed by atoms with Crippen molar-refractivity contribution in [3.05, 3.63) is 59.7 Å². The van der Waals surface area contributed by atoms with Crippen molar-refractivity contribution >= 4 is 17.5 Å². The fourth-order valence-corrected chi connectivity index (χ4v) is 3.17. The fraction of sp³-hybridized carbons (Fsp3) is 0.167. The summed E-state index contributed by atoms with van der Waals surface area (Å²) in [6.07, 6.45) is 0. The van der Waals surface area contributed by atoms with Crippen molar-refractivity contribution in [1.82, 2.24) is 14.8 Å². The highest BCUT2D eigenvalue weighted by molar-refractivity contribution is 7.99. The minimum Gasteiger partial charge on any atom is -0.508 e. The molecule has 0 aliphatic heterocycles. The number of ketones is 1. The molecule has 0 aliphatic carbocycles. The van der Waals surface area contributed by atoms with Crippen LogP contribution in [0.1, 0.15) is 15.9 Å². The second kappa shape index (κ2) is 6.88. The van der Waals surface area contributed by atoms with Crippen LogP contribution in [0.15, 0.2) is 53.7 Å². The number of Topliss-reactive ketones (excluding diaryl/α,β-unsaturated/α-hetero) is 1. The normalized spacial score (nSPS) is 10.8. The molecule has 1 N–H and O–H groups in total. The van der Waals surface area contributed by atoms with Crippen LogP contribution in [0.2, 0.25) is 0 Å². The lowest BCUT2D eigenvalue weighted by Gasteiger charge is -2.06. The summed E-state index contributed by atoms with van der Waals surface area (Å²) in [5.74, 6) is 1.19. The average molecular weight is 339 g/mol. The van der Waals surface area contributed by atoms with E-state index in [1.165, 1.54) is 23.9 Å². The van der Waals surface area contributed by atoms with Crippen LogP contribution in [0.5, 0.6) is 5.75 Å². The van der Waals surface area contributed by atoms with E-state index in [0.717, 1.165) is 17.0 Å². The van der Waals surface area contributed by atoms with Crippen molar-refractivity contribution in [1.29, 1.82) is 0 Å². The molecular weight excluding hydrogens is 322 g/mol. The lowest BCUT2D eigenvalue weighted by atomic mass is 10.1. The number of carbonyl (C=O) groups excluding carboxylic acids is 1. The molecule has 122 valence electrons. The van der Waals surface area contributed by atoms with Gasteiger partial charge in [-0.15, -0.1) is 10.2 Å². The molecule has 0 saturated heterocycles. The number of aromatic hydroxyl groups is 1. The van der Waals surface area contributed by atoms with Crippen LogP contribution in [-0.2, 0) is 7.05 Å². The summed E-state index contributed by atoms with van der Waals surface area (Å²) in [5.41, 5.74) is 2.73. The fourth-order valence-electron chi connectivity index (χ4n) is 2.36. The molecule has 0 saturated carbocycles. The number of aryl methyl sites for hydroxylation is 1. The van der Waals surface area contributed by atoms with Crippen LogP contribution in [0.3, 0.4) is 0 Å². The maximum absolute atomic E-state index is 12.2. The first-order valence-corrected chi connectivity index (χ1v) is 8.45. The van der Waals surface area contributed by atoms with Gasteiger partial charge in [0.1, 0.15) is 5.75 Å². The third-order valence-corrected chi connectivity index (χ3v) is 4.76. The standard InChI is InChI=1S/C18H17N3O2S/c1-12-5-3-4-6-15(12)17-19-20-18(21(17)2)24-11-16(23)13-7-9-14(22)10-8-13/h3-10,22H,11H2,1-2H3. The molecule has 3 rings (SSSR count). The molecule has 0 atom stereocenters. The first-order chi connectivity index (χ1) is 11.6. The second-order valence-corrected chi connectivity index (χ2v) is 6.38. The Morgan fingerprint density at radius 3 is 2.54 bits per heavy atom. The number of hydrogen-bond donors (Lipinski definition) is 1. The van der Waals surface area contributed by atoms with E-state index in [2.05, 4.69) is 10.2 Å². The van der Waals surface area contributed by atoms with Crippen molar-refractivity contribution in [3.8, 4) is 17.1 Å².